The van der Waals surface area contributed by atoms with Gasteiger partial charge in [-0.15, -0.1) is 0 Å². The first-order valence-corrected chi connectivity index (χ1v) is 6.49. The van der Waals surface area contributed by atoms with Gasteiger partial charge in [0, 0.05) is 10.3 Å². The van der Waals surface area contributed by atoms with Crippen molar-refractivity contribution in [2.75, 3.05) is 0 Å². The van der Waals surface area contributed by atoms with Crippen LogP contribution in [0.2, 0.25) is 0 Å². The van der Waals surface area contributed by atoms with E-state index in [0.717, 1.165) is 10.9 Å². The quantitative estimate of drug-likeness (QED) is 0.734. The molecular formula is C15H16OS. The topological polar surface area (TPSA) is 17.1 Å². The van der Waals surface area contributed by atoms with Gasteiger partial charge in [0.25, 0.3) is 0 Å². The van der Waals surface area contributed by atoms with Gasteiger partial charge in [-0.2, -0.15) is 0 Å². The minimum Gasteiger partial charge on any atom is -0.282 e. The van der Waals surface area contributed by atoms with Gasteiger partial charge >= 0.3 is 0 Å². The molecule has 1 nitrogen and oxygen atoms in total. The summed E-state index contributed by atoms with van der Waals surface area (Å²) < 4.78 is -0.0390. The lowest BCUT2D eigenvalue weighted by Gasteiger charge is -2.16. The number of fused-ring (bicyclic) bond motifs is 1. The highest BCUT2D eigenvalue weighted by molar-refractivity contribution is 8.15. The summed E-state index contributed by atoms with van der Waals surface area (Å²) in [6, 6.07) is 14.0. The second kappa shape index (κ2) is 4.53. The summed E-state index contributed by atoms with van der Waals surface area (Å²) >= 11 is 1.38. The second-order valence-corrected chi connectivity index (χ2v) is 6.86. The molecule has 0 radical (unpaired) electrons. The molecule has 0 fully saturated rings. The van der Waals surface area contributed by atoms with Gasteiger partial charge in [0.05, 0.1) is 0 Å². The maximum absolute atomic E-state index is 12.1. The van der Waals surface area contributed by atoms with Crippen molar-refractivity contribution in [1.82, 2.24) is 0 Å². The van der Waals surface area contributed by atoms with E-state index in [1.165, 1.54) is 17.1 Å². The fraction of sp³-hybridized carbons (Fsp3) is 0.267. The number of hydrogen-bond acceptors (Lipinski definition) is 2. The molecule has 0 aromatic heterocycles. The lowest BCUT2D eigenvalue weighted by Crippen LogP contribution is -2.11. The smallest absolute Gasteiger partial charge is 0.219 e. The maximum atomic E-state index is 12.1. The Balaban J connectivity index is 2.33. The monoisotopic (exact) mass is 244 g/mol. The summed E-state index contributed by atoms with van der Waals surface area (Å²) in [7, 11) is 0. The Hall–Kier alpha value is -1.28. The predicted octanol–water partition coefficient (Wildman–Crippen LogP) is 4.51. The molecule has 2 aromatic carbocycles. The molecule has 0 N–H and O–H groups in total. The predicted molar refractivity (Wildman–Crippen MR) is 75.6 cm³/mol. The fourth-order valence-electron chi connectivity index (χ4n) is 1.65. The molecular weight excluding hydrogens is 228 g/mol. The fourth-order valence-corrected chi connectivity index (χ4v) is 2.45. The highest BCUT2D eigenvalue weighted by Crippen LogP contribution is 2.28. The molecule has 0 saturated heterocycles. The molecule has 2 rings (SSSR count). The van der Waals surface area contributed by atoms with E-state index >= 15 is 0 Å². The van der Waals surface area contributed by atoms with Gasteiger partial charge in [0.1, 0.15) is 0 Å². The van der Waals surface area contributed by atoms with Gasteiger partial charge in [-0.05, 0) is 22.9 Å². The highest BCUT2D eigenvalue weighted by atomic mass is 32.2. The van der Waals surface area contributed by atoms with E-state index in [-0.39, 0.29) is 9.86 Å². The van der Waals surface area contributed by atoms with E-state index in [2.05, 4.69) is 26.8 Å². The summed E-state index contributed by atoms with van der Waals surface area (Å²) in [5, 5.41) is 2.43. The van der Waals surface area contributed by atoms with Crippen LogP contribution in [0.1, 0.15) is 31.1 Å². The van der Waals surface area contributed by atoms with Crippen LogP contribution in [0.4, 0.5) is 0 Å². The van der Waals surface area contributed by atoms with Gasteiger partial charge in [-0.1, -0.05) is 62.9 Å². The third kappa shape index (κ3) is 3.10. The molecule has 0 saturated carbocycles. The first-order valence-electron chi connectivity index (χ1n) is 5.68. The molecule has 17 heavy (non-hydrogen) atoms. The number of carbonyl (C=O) groups excluding carboxylic acids is 1. The summed E-state index contributed by atoms with van der Waals surface area (Å²) in [6.07, 6.45) is 0. The van der Waals surface area contributed by atoms with Crippen molar-refractivity contribution in [3.63, 3.8) is 0 Å². The lowest BCUT2D eigenvalue weighted by atomic mass is 10.1. The van der Waals surface area contributed by atoms with E-state index in [0.29, 0.717) is 0 Å². The summed E-state index contributed by atoms with van der Waals surface area (Å²) in [6.45, 7) is 6.16. The van der Waals surface area contributed by atoms with Crippen molar-refractivity contribution in [3.8, 4) is 0 Å². The van der Waals surface area contributed by atoms with Crippen molar-refractivity contribution in [2.45, 2.75) is 25.5 Å². The van der Waals surface area contributed by atoms with E-state index in [1.54, 1.807) is 0 Å². The molecule has 2 aromatic rings. The van der Waals surface area contributed by atoms with Gasteiger partial charge in [-0.3, -0.25) is 4.79 Å². The maximum Gasteiger partial charge on any atom is 0.219 e. The molecule has 0 spiro atoms. The number of rotatable bonds is 1. The Kier molecular flexibility index (Phi) is 3.25. The van der Waals surface area contributed by atoms with Crippen LogP contribution in [0.25, 0.3) is 10.8 Å². The van der Waals surface area contributed by atoms with Crippen LogP contribution in [0.5, 0.6) is 0 Å². The molecule has 0 aliphatic heterocycles. The third-order valence-corrected chi connectivity index (χ3v) is 3.42. The first kappa shape index (κ1) is 12.2. The van der Waals surface area contributed by atoms with Crippen LogP contribution < -0.4 is 0 Å². The number of thioether (sulfide) groups is 1. The lowest BCUT2D eigenvalue weighted by molar-refractivity contribution is 0.108. The summed E-state index contributed by atoms with van der Waals surface area (Å²) in [5.74, 6) is 0. The van der Waals surface area contributed by atoms with Crippen LogP contribution >= 0.6 is 11.8 Å². The Bertz CT molecular complexity index is 552. The van der Waals surface area contributed by atoms with Crippen LogP contribution in [-0.4, -0.2) is 9.86 Å². The van der Waals surface area contributed by atoms with Crippen molar-refractivity contribution in [1.29, 1.82) is 0 Å². The average molecular weight is 244 g/mol. The van der Waals surface area contributed by atoms with Gasteiger partial charge in [0.15, 0.2) is 0 Å². The van der Waals surface area contributed by atoms with E-state index in [9.17, 15) is 4.79 Å². The van der Waals surface area contributed by atoms with Crippen molar-refractivity contribution >= 4 is 27.6 Å². The third-order valence-electron chi connectivity index (χ3n) is 2.38. The standard InChI is InChI=1S/C15H16OS/c1-15(2,3)17-14(16)13-9-8-11-6-4-5-7-12(11)10-13/h4-10H,1-3H3. The summed E-state index contributed by atoms with van der Waals surface area (Å²) in [5.41, 5.74) is 0.781. The zero-order chi connectivity index (χ0) is 12.5. The molecule has 0 aliphatic carbocycles. The minimum absolute atomic E-state index is 0.0390. The minimum atomic E-state index is -0.0390. The number of hydrogen-bond donors (Lipinski definition) is 0. The van der Waals surface area contributed by atoms with E-state index in [1.807, 2.05) is 36.4 Å². The van der Waals surface area contributed by atoms with E-state index < -0.39 is 0 Å². The Labute approximate surface area is 106 Å². The molecule has 0 unspecified atom stereocenters. The first-order chi connectivity index (χ1) is 7.96. The zero-order valence-corrected chi connectivity index (χ0v) is 11.2. The van der Waals surface area contributed by atoms with Crippen LogP contribution in [-0.2, 0) is 0 Å². The van der Waals surface area contributed by atoms with Crippen LogP contribution in [0.15, 0.2) is 42.5 Å². The van der Waals surface area contributed by atoms with Crippen molar-refractivity contribution in [2.24, 2.45) is 0 Å². The van der Waals surface area contributed by atoms with Crippen LogP contribution in [0, 0.1) is 0 Å². The van der Waals surface area contributed by atoms with Crippen LogP contribution in [0.3, 0.4) is 0 Å². The SMILES string of the molecule is CC(C)(C)SC(=O)c1ccc2ccccc2c1. The summed E-state index contributed by atoms with van der Waals surface area (Å²) in [4.78, 5) is 12.1. The van der Waals surface area contributed by atoms with Gasteiger partial charge in [0.2, 0.25) is 5.12 Å². The Morgan fingerprint density at radius 1 is 1.00 bits per heavy atom. The highest BCUT2D eigenvalue weighted by Gasteiger charge is 2.18. The Morgan fingerprint density at radius 2 is 1.65 bits per heavy atom. The zero-order valence-electron chi connectivity index (χ0n) is 10.4. The van der Waals surface area contributed by atoms with Gasteiger partial charge < -0.3 is 0 Å². The number of benzene rings is 2. The molecule has 88 valence electrons. The molecule has 0 bridgehead atoms. The molecule has 0 amide bonds. The number of carbonyl (C=O) groups is 1. The van der Waals surface area contributed by atoms with Crippen molar-refractivity contribution in [3.05, 3.63) is 48.0 Å². The van der Waals surface area contributed by atoms with Crippen molar-refractivity contribution < 1.29 is 4.79 Å². The molecule has 0 aliphatic rings. The second-order valence-electron chi connectivity index (χ2n) is 5.06. The van der Waals surface area contributed by atoms with Gasteiger partial charge in [-0.25, -0.2) is 0 Å². The Morgan fingerprint density at radius 3 is 2.29 bits per heavy atom. The molecule has 0 heterocycles. The largest absolute Gasteiger partial charge is 0.282 e. The van der Waals surface area contributed by atoms with E-state index in [4.69, 9.17) is 0 Å². The molecule has 2 heteroatoms. The molecule has 0 atom stereocenters. The average Bonchev–Trinajstić information content (AvgIpc) is 2.26. The normalized spacial score (nSPS) is 11.7.